The minimum absolute atomic E-state index is 0.0316. The second-order valence-corrected chi connectivity index (χ2v) is 6.96. The zero-order valence-corrected chi connectivity index (χ0v) is 14.9. The van der Waals surface area contributed by atoms with Crippen LogP contribution in [0.5, 0.6) is 0 Å². The minimum atomic E-state index is -4.61. The van der Waals surface area contributed by atoms with Crippen molar-refractivity contribution < 1.29 is 17.6 Å². The molecular weight excluding hydrogens is 381 g/mol. The van der Waals surface area contributed by atoms with E-state index in [4.69, 9.17) is 0 Å². The van der Waals surface area contributed by atoms with E-state index in [2.05, 4.69) is 29.7 Å². The summed E-state index contributed by atoms with van der Waals surface area (Å²) < 4.78 is 42.2. The minimum Gasteiger partial charge on any atom is -0.416 e. The molecule has 0 atom stereocenters. The highest BCUT2D eigenvalue weighted by molar-refractivity contribution is 7.13. The van der Waals surface area contributed by atoms with E-state index in [1.807, 2.05) is 34.5 Å². The number of alkyl halides is 3. The molecule has 0 aromatic carbocycles. The second-order valence-electron chi connectivity index (χ2n) is 6.02. The summed E-state index contributed by atoms with van der Waals surface area (Å²) in [5, 5.41) is 17.1. The van der Waals surface area contributed by atoms with Crippen LogP contribution in [0.3, 0.4) is 0 Å². The molecule has 0 bridgehead atoms. The summed E-state index contributed by atoms with van der Waals surface area (Å²) in [6.07, 6.45) is -4.61. The van der Waals surface area contributed by atoms with Crippen LogP contribution < -0.4 is 4.90 Å². The number of piperazine rings is 1. The van der Waals surface area contributed by atoms with E-state index in [0.29, 0.717) is 26.2 Å². The third-order valence-electron chi connectivity index (χ3n) is 4.19. The van der Waals surface area contributed by atoms with Crippen LogP contribution in [-0.2, 0) is 12.7 Å². The molecule has 1 aliphatic heterocycles. The van der Waals surface area contributed by atoms with Crippen molar-refractivity contribution in [1.29, 1.82) is 0 Å². The number of halogens is 3. The molecule has 0 saturated carbocycles. The maximum Gasteiger partial charge on any atom is 0.470 e. The molecule has 1 aliphatic rings. The molecule has 4 rings (SSSR count). The van der Waals surface area contributed by atoms with Gasteiger partial charge in [0.2, 0.25) is 5.89 Å². The van der Waals surface area contributed by atoms with Crippen LogP contribution in [0.2, 0.25) is 0 Å². The first-order valence-corrected chi connectivity index (χ1v) is 9.11. The third-order valence-corrected chi connectivity index (χ3v) is 5.08. The summed E-state index contributed by atoms with van der Waals surface area (Å²) in [6.45, 7) is 2.87. The van der Waals surface area contributed by atoms with E-state index in [0.717, 1.165) is 16.4 Å². The lowest BCUT2D eigenvalue weighted by Gasteiger charge is -2.34. The van der Waals surface area contributed by atoms with Crippen LogP contribution in [0.15, 0.2) is 34.1 Å². The van der Waals surface area contributed by atoms with Gasteiger partial charge in [-0.3, -0.25) is 4.90 Å². The molecule has 3 aromatic heterocycles. The molecule has 0 amide bonds. The third kappa shape index (κ3) is 4.08. The summed E-state index contributed by atoms with van der Waals surface area (Å²) >= 11 is 1.61. The zero-order valence-electron chi connectivity index (χ0n) is 14.1. The first kappa shape index (κ1) is 17.9. The molecule has 4 heterocycles. The van der Waals surface area contributed by atoms with Gasteiger partial charge in [-0.15, -0.1) is 31.7 Å². The fraction of sp³-hybridized carbons (Fsp3) is 0.375. The van der Waals surface area contributed by atoms with Gasteiger partial charge in [0.1, 0.15) is 5.69 Å². The first-order valence-electron chi connectivity index (χ1n) is 8.23. The van der Waals surface area contributed by atoms with Crippen LogP contribution in [-0.4, -0.2) is 51.5 Å². The maximum atomic E-state index is 12.5. The molecular formula is C16H15F3N6OS. The molecule has 7 nitrogen and oxygen atoms in total. The van der Waals surface area contributed by atoms with Gasteiger partial charge in [-0.25, -0.2) is 0 Å². The van der Waals surface area contributed by atoms with E-state index < -0.39 is 12.1 Å². The molecule has 0 aliphatic carbocycles. The Labute approximate surface area is 156 Å². The molecule has 0 N–H and O–H groups in total. The highest BCUT2D eigenvalue weighted by atomic mass is 32.1. The number of nitrogens with zero attached hydrogens (tertiary/aromatic N) is 6. The van der Waals surface area contributed by atoms with Crippen LogP contribution in [0.1, 0.15) is 11.8 Å². The van der Waals surface area contributed by atoms with Gasteiger partial charge in [-0.2, -0.15) is 13.2 Å². The van der Waals surface area contributed by atoms with Gasteiger partial charge in [0.05, 0.1) is 11.4 Å². The molecule has 1 saturated heterocycles. The van der Waals surface area contributed by atoms with E-state index in [9.17, 15) is 13.2 Å². The summed E-state index contributed by atoms with van der Waals surface area (Å²) in [4.78, 5) is 5.13. The predicted molar refractivity (Wildman–Crippen MR) is 92.1 cm³/mol. The molecule has 142 valence electrons. The van der Waals surface area contributed by atoms with Crippen molar-refractivity contribution in [3.63, 3.8) is 0 Å². The van der Waals surface area contributed by atoms with Crippen LogP contribution in [0.4, 0.5) is 19.0 Å². The highest BCUT2D eigenvalue weighted by Gasteiger charge is 2.38. The van der Waals surface area contributed by atoms with Crippen molar-refractivity contribution in [1.82, 2.24) is 25.3 Å². The molecule has 27 heavy (non-hydrogen) atoms. The van der Waals surface area contributed by atoms with Crippen molar-refractivity contribution in [2.24, 2.45) is 0 Å². The van der Waals surface area contributed by atoms with Gasteiger partial charge in [0.15, 0.2) is 5.82 Å². The molecule has 3 aromatic rings. The predicted octanol–water partition coefficient (Wildman–Crippen LogP) is 2.93. The van der Waals surface area contributed by atoms with E-state index in [1.165, 1.54) is 0 Å². The standard InChI is InChI=1S/C16H15F3N6OS/c17-16(18,19)15-23-22-14(26-15)10-24-5-7-25(8-6-24)13-4-3-11(20-21-13)12-2-1-9-27-12/h1-4,9H,5-8,10H2. The lowest BCUT2D eigenvalue weighted by atomic mass is 10.3. The number of anilines is 1. The molecule has 0 unspecified atom stereocenters. The average Bonchev–Trinajstić information content (AvgIpc) is 3.34. The van der Waals surface area contributed by atoms with E-state index in [1.54, 1.807) is 11.3 Å². The largest absolute Gasteiger partial charge is 0.470 e. The van der Waals surface area contributed by atoms with Gasteiger partial charge in [-0.1, -0.05) is 6.07 Å². The molecule has 11 heteroatoms. The molecule has 1 fully saturated rings. The summed E-state index contributed by atoms with van der Waals surface area (Å²) in [5.74, 6) is -0.555. The van der Waals surface area contributed by atoms with Crippen molar-refractivity contribution in [2.45, 2.75) is 12.7 Å². The highest BCUT2D eigenvalue weighted by Crippen LogP contribution is 2.28. The Morgan fingerprint density at radius 3 is 2.41 bits per heavy atom. The number of hydrogen-bond donors (Lipinski definition) is 0. The smallest absolute Gasteiger partial charge is 0.416 e. The van der Waals surface area contributed by atoms with E-state index >= 15 is 0 Å². The Hall–Kier alpha value is -2.53. The Morgan fingerprint density at radius 2 is 1.81 bits per heavy atom. The second kappa shape index (κ2) is 7.24. The fourth-order valence-corrected chi connectivity index (χ4v) is 3.50. The van der Waals surface area contributed by atoms with E-state index in [-0.39, 0.29) is 12.4 Å². The quantitative estimate of drug-likeness (QED) is 0.671. The zero-order chi connectivity index (χ0) is 18.9. The average molecular weight is 396 g/mol. The van der Waals surface area contributed by atoms with Crippen molar-refractivity contribution in [3.8, 4) is 10.6 Å². The Kier molecular flexibility index (Phi) is 4.79. The first-order chi connectivity index (χ1) is 13.0. The van der Waals surface area contributed by atoms with Gasteiger partial charge >= 0.3 is 12.1 Å². The van der Waals surface area contributed by atoms with Gasteiger partial charge in [-0.05, 0) is 23.6 Å². The van der Waals surface area contributed by atoms with Crippen molar-refractivity contribution >= 4 is 17.2 Å². The summed E-state index contributed by atoms with van der Waals surface area (Å²) in [7, 11) is 0. The Morgan fingerprint density at radius 1 is 1.00 bits per heavy atom. The van der Waals surface area contributed by atoms with Gasteiger partial charge in [0, 0.05) is 26.2 Å². The van der Waals surface area contributed by atoms with Crippen LogP contribution >= 0.6 is 11.3 Å². The van der Waals surface area contributed by atoms with Crippen LogP contribution in [0.25, 0.3) is 10.6 Å². The topological polar surface area (TPSA) is 71.2 Å². The molecule has 0 spiro atoms. The van der Waals surface area contributed by atoms with Crippen molar-refractivity contribution in [3.05, 3.63) is 41.4 Å². The lowest BCUT2D eigenvalue weighted by Crippen LogP contribution is -2.46. The number of hydrogen-bond acceptors (Lipinski definition) is 8. The number of rotatable bonds is 4. The van der Waals surface area contributed by atoms with Crippen LogP contribution in [0, 0.1) is 0 Å². The number of aromatic nitrogens is 4. The SMILES string of the molecule is FC(F)(F)c1nnc(CN2CCN(c3ccc(-c4cccs4)nn3)CC2)o1. The lowest BCUT2D eigenvalue weighted by molar-refractivity contribution is -0.157. The number of thiophene rings is 1. The summed E-state index contributed by atoms with van der Waals surface area (Å²) in [6, 6.07) is 7.84. The van der Waals surface area contributed by atoms with Gasteiger partial charge < -0.3 is 9.32 Å². The fourth-order valence-electron chi connectivity index (χ4n) is 2.81. The van der Waals surface area contributed by atoms with Gasteiger partial charge in [0.25, 0.3) is 0 Å². The summed E-state index contributed by atoms with van der Waals surface area (Å²) in [5.41, 5.74) is 0.837. The maximum absolute atomic E-state index is 12.5. The monoisotopic (exact) mass is 396 g/mol. The Bertz CT molecular complexity index is 872. The van der Waals surface area contributed by atoms with Crippen molar-refractivity contribution in [2.75, 3.05) is 31.1 Å². The Balaban J connectivity index is 1.33. The molecule has 0 radical (unpaired) electrons. The normalized spacial score (nSPS) is 16.0.